The van der Waals surface area contributed by atoms with Crippen LogP contribution >= 0.6 is 0 Å². The molecule has 6 nitrogen and oxygen atoms in total. The van der Waals surface area contributed by atoms with Gasteiger partial charge in [-0.15, -0.1) is 0 Å². The first-order valence-corrected chi connectivity index (χ1v) is 6.16. The van der Waals surface area contributed by atoms with E-state index in [0.717, 1.165) is 25.9 Å². The summed E-state index contributed by atoms with van der Waals surface area (Å²) in [5.41, 5.74) is 0.105. The summed E-state index contributed by atoms with van der Waals surface area (Å²) in [6.07, 6.45) is 5.91. The van der Waals surface area contributed by atoms with Crippen LogP contribution < -0.4 is 0 Å². The molecule has 2 rings (SSSR count). The second kappa shape index (κ2) is 5.20. The maximum atomic E-state index is 12.2. The molecule has 2 heterocycles. The smallest absolute Gasteiger partial charge is 0.338 e. The number of carboxylic acid groups (broad SMARTS) is 1. The molecule has 1 N–H and O–H groups in total. The van der Waals surface area contributed by atoms with Gasteiger partial charge in [-0.25, -0.2) is 4.79 Å². The van der Waals surface area contributed by atoms with E-state index in [9.17, 15) is 9.59 Å². The number of rotatable bonds is 3. The van der Waals surface area contributed by atoms with E-state index in [1.54, 1.807) is 6.92 Å². The van der Waals surface area contributed by atoms with Gasteiger partial charge in [-0.2, -0.15) is 5.10 Å². The summed E-state index contributed by atoms with van der Waals surface area (Å²) < 4.78 is 1.42. The van der Waals surface area contributed by atoms with Gasteiger partial charge in [0.05, 0.1) is 11.8 Å². The molecule has 0 saturated carbocycles. The molecule has 0 aliphatic carbocycles. The highest BCUT2D eigenvalue weighted by atomic mass is 16.4. The summed E-state index contributed by atoms with van der Waals surface area (Å²) in [6, 6.07) is -0.448. The summed E-state index contributed by atoms with van der Waals surface area (Å²) in [5, 5.41) is 12.8. The SMILES string of the molecule is CC(C(=O)N1CCCCC1)n1cc(C(=O)O)cn1. The maximum absolute atomic E-state index is 12.2. The molecule has 18 heavy (non-hydrogen) atoms. The molecule has 1 aliphatic rings. The first-order chi connectivity index (χ1) is 8.59. The normalized spacial score (nSPS) is 17.5. The Hall–Kier alpha value is -1.85. The van der Waals surface area contributed by atoms with E-state index in [2.05, 4.69) is 5.10 Å². The van der Waals surface area contributed by atoms with Crippen molar-refractivity contribution < 1.29 is 14.7 Å². The Morgan fingerprint density at radius 1 is 1.33 bits per heavy atom. The molecule has 1 unspecified atom stereocenters. The summed E-state index contributed by atoms with van der Waals surface area (Å²) >= 11 is 0. The largest absolute Gasteiger partial charge is 0.478 e. The van der Waals surface area contributed by atoms with E-state index < -0.39 is 12.0 Å². The van der Waals surface area contributed by atoms with Crippen LogP contribution in [0.1, 0.15) is 42.6 Å². The van der Waals surface area contributed by atoms with E-state index in [0.29, 0.717) is 0 Å². The molecular formula is C12H17N3O3. The van der Waals surface area contributed by atoms with Crippen molar-refractivity contribution in [1.82, 2.24) is 14.7 Å². The first-order valence-electron chi connectivity index (χ1n) is 6.16. The number of aromatic nitrogens is 2. The van der Waals surface area contributed by atoms with Gasteiger partial charge in [-0.05, 0) is 26.2 Å². The minimum atomic E-state index is -1.03. The Labute approximate surface area is 105 Å². The van der Waals surface area contributed by atoms with Gasteiger partial charge in [0.15, 0.2) is 0 Å². The van der Waals surface area contributed by atoms with Crippen LogP contribution in [0, 0.1) is 0 Å². The van der Waals surface area contributed by atoms with Crippen LogP contribution in [0.3, 0.4) is 0 Å². The predicted molar refractivity (Wildman–Crippen MR) is 64.3 cm³/mol. The molecule has 1 aromatic rings. The fourth-order valence-corrected chi connectivity index (χ4v) is 2.15. The van der Waals surface area contributed by atoms with Crippen LogP contribution in [0.25, 0.3) is 0 Å². The number of hydrogen-bond acceptors (Lipinski definition) is 3. The Bertz CT molecular complexity index is 449. The minimum absolute atomic E-state index is 0.00902. The van der Waals surface area contributed by atoms with Crippen LogP contribution in [0.4, 0.5) is 0 Å². The second-order valence-corrected chi connectivity index (χ2v) is 4.58. The zero-order valence-electron chi connectivity index (χ0n) is 10.4. The van der Waals surface area contributed by atoms with E-state index in [1.807, 2.05) is 4.90 Å². The number of carbonyl (C=O) groups is 2. The number of amides is 1. The van der Waals surface area contributed by atoms with Crippen molar-refractivity contribution in [3.63, 3.8) is 0 Å². The average Bonchev–Trinajstić information content (AvgIpc) is 2.88. The van der Waals surface area contributed by atoms with E-state index >= 15 is 0 Å². The number of carboxylic acids is 1. The Morgan fingerprint density at radius 3 is 2.56 bits per heavy atom. The number of aromatic carboxylic acids is 1. The molecule has 6 heteroatoms. The lowest BCUT2D eigenvalue weighted by molar-refractivity contribution is -0.135. The van der Waals surface area contributed by atoms with E-state index in [1.165, 1.54) is 23.5 Å². The molecule has 0 bridgehead atoms. The monoisotopic (exact) mass is 251 g/mol. The molecule has 1 aliphatic heterocycles. The predicted octanol–water partition coefficient (Wildman–Crippen LogP) is 1.15. The summed E-state index contributed by atoms with van der Waals surface area (Å²) in [6.45, 7) is 3.32. The third kappa shape index (κ3) is 2.52. The molecule has 1 aromatic heterocycles. The number of piperidine rings is 1. The lowest BCUT2D eigenvalue weighted by Crippen LogP contribution is -2.39. The van der Waals surface area contributed by atoms with Crippen LogP contribution in [0.5, 0.6) is 0 Å². The van der Waals surface area contributed by atoms with Gasteiger partial charge in [0.2, 0.25) is 5.91 Å². The van der Waals surface area contributed by atoms with Gasteiger partial charge in [0, 0.05) is 19.3 Å². The molecular weight excluding hydrogens is 234 g/mol. The molecule has 98 valence electrons. The summed E-state index contributed by atoms with van der Waals surface area (Å²) in [5.74, 6) is -1.02. The second-order valence-electron chi connectivity index (χ2n) is 4.58. The first kappa shape index (κ1) is 12.6. The lowest BCUT2D eigenvalue weighted by Gasteiger charge is -2.29. The van der Waals surface area contributed by atoms with Crippen LogP contribution in [0.2, 0.25) is 0 Å². The number of hydrogen-bond donors (Lipinski definition) is 1. The Balaban J connectivity index is 2.06. The van der Waals surface area contributed by atoms with E-state index in [4.69, 9.17) is 5.11 Å². The number of nitrogens with zero attached hydrogens (tertiary/aromatic N) is 3. The maximum Gasteiger partial charge on any atom is 0.338 e. The highest BCUT2D eigenvalue weighted by molar-refractivity contribution is 5.87. The molecule has 1 fully saturated rings. The highest BCUT2D eigenvalue weighted by Gasteiger charge is 2.24. The lowest BCUT2D eigenvalue weighted by atomic mass is 10.1. The molecule has 1 saturated heterocycles. The quantitative estimate of drug-likeness (QED) is 0.874. The Kier molecular flexibility index (Phi) is 3.64. The standard InChI is InChI=1S/C12H17N3O3/c1-9(11(16)14-5-3-2-4-6-14)15-8-10(7-13-15)12(17)18/h7-9H,2-6H2,1H3,(H,17,18). The van der Waals surface area contributed by atoms with E-state index in [-0.39, 0.29) is 11.5 Å². The minimum Gasteiger partial charge on any atom is -0.478 e. The van der Waals surface area contributed by atoms with Gasteiger partial charge in [-0.3, -0.25) is 9.48 Å². The summed E-state index contributed by atoms with van der Waals surface area (Å²) in [4.78, 5) is 24.8. The van der Waals surface area contributed by atoms with Crippen molar-refractivity contribution >= 4 is 11.9 Å². The summed E-state index contributed by atoms with van der Waals surface area (Å²) in [7, 11) is 0. The third-order valence-corrected chi connectivity index (χ3v) is 3.27. The van der Waals surface area contributed by atoms with Gasteiger partial charge >= 0.3 is 5.97 Å². The average molecular weight is 251 g/mol. The van der Waals surface area contributed by atoms with Crippen molar-refractivity contribution in [1.29, 1.82) is 0 Å². The van der Waals surface area contributed by atoms with Crippen molar-refractivity contribution in [3.8, 4) is 0 Å². The third-order valence-electron chi connectivity index (χ3n) is 3.27. The highest BCUT2D eigenvalue weighted by Crippen LogP contribution is 2.15. The van der Waals surface area contributed by atoms with Gasteiger partial charge < -0.3 is 10.0 Å². The number of likely N-dealkylation sites (tertiary alicyclic amines) is 1. The molecule has 0 aromatic carbocycles. The van der Waals surface area contributed by atoms with Gasteiger partial charge in [0.25, 0.3) is 0 Å². The molecule has 1 atom stereocenters. The molecule has 1 amide bonds. The van der Waals surface area contributed by atoms with Crippen LogP contribution in [-0.4, -0.2) is 44.8 Å². The van der Waals surface area contributed by atoms with Gasteiger partial charge in [-0.1, -0.05) is 0 Å². The molecule has 0 spiro atoms. The Morgan fingerprint density at radius 2 is 2.00 bits per heavy atom. The topological polar surface area (TPSA) is 75.4 Å². The van der Waals surface area contributed by atoms with Crippen molar-refractivity contribution in [3.05, 3.63) is 18.0 Å². The zero-order chi connectivity index (χ0) is 13.1. The van der Waals surface area contributed by atoms with Gasteiger partial charge in [0.1, 0.15) is 6.04 Å². The van der Waals surface area contributed by atoms with Crippen LogP contribution in [0.15, 0.2) is 12.4 Å². The molecule has 0 radical (unpaired) electrons. The van der Waals surface area contributed by atoms with Crippen molar-refractivity contribution in [2.24, 2.45) is 0 Å². The number of carbonyl (C=O) groups excluding carboxylic acids is 1. The fraction of sp³-hybridized carbons (Fsp3) is 0.583. The van der Waals surface area contributed by atoms with Crippen molar-refractivity contribution in [2.45, 2.75) is 32.2 Å². The van der Waals surface area contributed by atoms with Crippen LogP contribution in [-0.2, 0) is 4.79 Å². The zero-order valence-corrected chi connectivity index (χ0v) is 10.4. The fourth-order valence-electron chi connectivity index (χ4n) is 2.15. The van der Waals surface area contributed by atoms with Crippen molar-refractivity contribution in [2.75, 3.05) is 13.1 Å².